The van der Waals surface area contributed by atoms with E-state index in [2.05, 4.69) is 40.3 Å². The number of aliphatic hydroxyl groups excluding tert-OH is 1. The summed E-state index contributed by atoms with van der Waals surface area (Å²) in [5.41, 5.74) is 0. The number of nitrogens with one attached hydrogen (secondary N) is 1. The fraction of sp³-hybridized carbons (Fsp3) is 0.977. The van der Waals surface area contributed by atoms with Gasteiger partial charge in [0.15, 0.2) is 0 Å². The van der Waals surface area contributed by atoms with Gasteiger partial charge in [-0.3, -0.25) is 4.79 Å². The fourth-order valence-corrected chi connectivity index (χ4v) is 7.58. The van der Waals surface area contributed by atoms with Crippen molar-refractivity contribution in [2.45, 2.75) is 231 Å². The van der Waals surface area contributed by atoms with Gasteiger partial charge in [0.1, 0.15) is 13.2 Å². The second kappa shape index (κ2) is 39.0. The maximum Gasteiger partial charge on any atom is 0.332 e. The van der Waals surface area contributed by atoms with Crippen LogP contribution in [0.25, 0.3) is 0 Å². The third kappa shape index (κ3) is 38.0. The van der Waals surface area contributed by atoms with Crippen molar-refractivity contribution in [3.63, 3.8) is 0 Å². The van der Waals surface area contributed by atoms with Crippen LogP contribution in [0.3, 0.4) is 0 Å². The molecule has 3 atom stereocenters. The highest BCUT2D eigenvalue weighted by Gasteiger charge is 2.24. The quantitative estimate of drug-likeness (QED) is 0.0368. The van der Waals surface area contributed by atoms with Crippen LogP contribution < -0.4 is 5.32 Å². The van der Waals surface area contributed by atoms with E-state index in [1.54, 1.807) is 7.11 Å². The number of aliphatic hydroxyl groups is 1. The first-order valence-corrected chi connectivity index (χ1v) is 23.7. The minimum atomic E-state index is -1.53. The lowest BCUT2D eigenvalue weighted by Crippen LogP contribution is -2.46. The first-order chi connectivity index (χ1) is 25.2. The number of carbonyl (C=O) groups is 1. The predicted molar refractivity (Wildman–Crippen MR) is 226 cm³/mol. The molecule has 0 aliphatic carbocycles. The second-order valence-electron chi connectivity index (χ2n) is 16.7. The van der Waals surface area contributed by atoms with Gasteiger partial charge in [-0.15, -0.1) is 0 Å². The maximum atomic E-state index is 13.0. The van der Waals surface area contributed by atoms with Gasteiger partial charge in [-0.25, -0.2) is 0 Å². The van der Waals surface area contributed by atoms with Crippen molar-refractivity contribution < 1.29 is 28.0 Å². The van der Waals surface area contributed by atoms with Crippen LogP contribution in [0.4, 0.5) is 0 Å². The Morgan fingerprint density at radius 1 is 0.577 bits per heavy atom. The van der Waals surface area contributed by atoms with E-state index in [0.29, 0.717) is 19.4 Å². The highest BCUT2D eigenvalue weighted by Crippen LogP contribution is 2.38. The monoisotopic (exact) mass is 760 g/mol. The van der Waals surface area contributed by atoms with E-state index < -0.39 is 20.7 Å². The van der Waals surface area contributed by atoms with Gasteiger partial charge >= 0.3 is 8.60 Å². The summed E-state index contributed by atoms with van der Waals surface area (Å²) in [6, 6.07) is -0.460. The van der Waals surface area contributed by atoms with Crippen molar-refractivity contribution in [2.24, 2.45) is 0 Å². The minimum absolute atomic E-state index is 0.00617. The van der Waals surface area contributed by atoms with Crippen molar-refractivity contribution in [2.75, 3.05) is 48.0 Å². The van der Waals surface area contributed by atoms with Gasteiger partial charge in [0.2, 0.25) is 5.91 Å². The molecular weight excluding hydrogens is 667 g/mol. The largest absolute Gasteiger partial charge is 0.391 e. The molecule has 0 heterocycles. The highest BCUT2D eigenvalue weighted by molar-refractivity contribution is 7.41. The Morgan fingerprint density at radius 3 is 1.31 bits per heavy atom. The molecule has 0 bridgehead atoms. The number of carbonyl (C=O) groups excluding carboxylic acids is 1. The van der Waals surface area contributed by atoms with Crippen LogP contribution in [0.1, 0.15) is 219 Å². The lowest BCUT2D eigenvalue weighted by atomic mass is 10.0. The predicted octanol–water partition coefficient (Wildman–Crippen LogP) is 13.0. The first kappa shape index (κ1) is 51.7. The number of amides is 1. The molecule has 7 nitrogen and oxygen atoms in total. The lowest BCUT2D eigenvalue weighted by molar-refractivity contribution is -0.870. The molecule has 1 amide bonds. The number of hydrogen-bond donors (Lipinski definition) is 2. The first-order valence-electron chi connectivity index (χ1n) is 22.6. The van der Waals surface area contributed by atoms with E-state index in [1.165, 1.54) is 167 Å². The van der Waals surface area contributed by atoms with Crippen LogP contribution in [-0.2, 0) is 18.4 Å². The van der Waals surface area contributed by atoms with E-state index in [4.69, 9.17) is 13.6 Å². The average molecular weight is 760 g/mol. The average Bonchev–Trinajstić information content (AvgIpc) is 3.11. The Hall–Kier alpha value is -0.300. The van der Waals surface area contributed by atoms with Crippen molar-refractivity contribution in [1.82, 2.24) is 5.32 Å². The number of unbranched alkanes of at least 4 members (excludes halogenated alkanes) is 28. The summed E-state index contributed by atoms with van der Waals surface area (Å²) in [6.45, 7) is 6.12. The molecule has 3 unspecified atom stereocenters. The molecule has 0 aromatic rings. The summed E-state index contributed by atoms with van der Waals surface area (Å²) in [6.07, 6.45) is 40.0. The van der Waals surface area contributed by atoms with Gasteiger partial charge in [-0.1, -0.05) is 200 Å². The molecule has 0 radical (unpaired) electrons. The number of nitrogens with zero attached hydrogens (tertiary/aromatic N) is 1. The molecule has 0 rings (SSSR count). The van der Waals surface area contributed by atoms with Crippen LogP contribution in [-0.4, -0.2) is 75.7 Å². The molecular formula is C44H92N2O5P+. The van der Waals surface area contributed by atoms with Crippen molar-refractivity contribution >= 4 is 14.5 Å². The van der Waals surface area contributed by atoms with Crippen LogP contribution in [0.5, 0.6) is 0 Å². The van der Waals surface area contributed by atoms with Gasteiger partial charge in [-0.05, 0) is 12.8 Å². The molecule has 0 fully saturated rings. The SMILES string of the molecule is CCCCCCCCCCCCCCCCCCCC(=O)NC(COP(OC)OCC[N+](C)(C)C)C(O)CCCCCCCCCCCCCCC. The standard InChI is InChI=1S/C44H91N2O5P/c1-7-9-11-13-15-17-19-21-22-23-24-26-28-30-32-34-36-38-44(48)45-42(41-51-52(49-6)50-40-39-46(3,4)5)43(47)37-35-33-31-29-27-25-20-18-16-14-12-10-8-2/h42-43,47H,7-41H2,1-6H3/p+1. The minimum Gasteiger partial charge on any atom is -0.391 e. The Balaban J connectivity index is 4.29. The number of hydrogen-bond acceptors (Lipinski definition) is 5. The summed E-state index contributed by atoms with van der Waals surface area (Å²) >= 11 is 0. The smallest absolute Gasteiger partial charge is 0.332 e. The zero-order valence-corrected chi connectivity index (χ0v) is 36.8. The number of likely N-dealkylation sites (N-methyl/N-ethyl adjacent to an activating group) is 1. The summed E-state index contributed by atoms with van der Waals surface area (Å²) in [5.74, 6) is 0.00617. The molecule has 312 valence electrons. The number of quaternary nitrogens is 1. The molecule has 52 heavy (non-hydrogen) atoms. The Morgan fingerprint density at radius 2 is 0.942 bits per heavy atom. The molecule has 0 spiro atoms. The summed E-state index contributed by atoms with van der Waals surface area (Å²) in [4.78, 5) is 13.0. The summed E-state index contributed by atoms with van der Waals surface area (Å²) in [5, 5.41) is 14.3. The number of rotatable bonds is 42. The van der Waals surface area contributed by atoms with E-state index in [9.17, 15) is 9.90 Å². The lowest BCUT2D eigenvalue weighted by Gasteiger charge is -2.27. The Labute approximate surface area is 326 Å². The third-order valence-corrected chi connectivity index (χ3v) is 11.4. The maximum absolute atomic E-state index is 13.0. The third-order valence-electron chi connectivity index (χ3n) is 10.4. The Kier molecular flexibility index (Phi) is 38.7. The van der Waals surface area contributed by atoms with E-state index >= 15 is 0 Å². The van der Waals surface area contributed by atoms with Crippen molar-refractivity contribution in [3.05, 3.63) is 0 Å². The van der Waals surface area contributed by atoms with Crippen LogP contribution in [0.2, 0.25) is 0 Å². The molecule has 0 aliphatic rings. The van der Waals surface area contributed by atoms with E-state index in [0.717, 1.165) is 36.7 Å². The molecule has 2 N–H and O–H groups in total. The van der Waals surface area contributed by atoms with E-state index in [1.807, 2.05) is 0 Å². The van der Waals surface area contributed by atoms with Gasteiger partial charge in [0, 0.05) is 13.5 Å². The summed E-state index contributed by atoms with van der Waals surface area (Å²) < 4.78 is 18.1. The highest BCUT2D eigenvalue weighted by atomic mass is 31.2. The second-order valence-corrected chi connectivity index (χ2v) is 18.1. The van der Waals surface area contributed by atoms with Crippen LogP contribution in [0, 0.1) is 0 Å². The van der Waals surface area contributed by atoms with Crippen molar-refractivity contribution in [1.29, 1.82) is 0 Å². The van der Waals surface area contributed by atoms with Crippen LogP contribution in [0.15, 0.2) is 0 Å². The molecule has 0 aliphatic heterocycles. The van der Waals surface area contributed by atoms with Gasteiger partial charge in [0.25, 0.3) is 0 Å². The zero-order chi connectivity index (χ0) is 38.4. The van der Waals surface area contributed by atoms with Gasteiger partial charge in [0.05, 0.1) is 39.9 Å². The van der Waals surface area contributed by atoms with Crippen molar-refractivity contribution in [3.8, 4) is 0 Å². The molecule has 0 saturated heterocycles. The van der Waals surface area contributed by atoms with Gasteiger partial charge < -0.3 is 28.5 Å². The molecule has 0 aromatic carbocycles. The van der Waals surface area contributed by atoms with Crippen LogP contribution >= 0.6 is 8.60 Å². The Bertz CT molecular complexity index is 738. The topological polar surface area (TPSA) is 77.0 Å². The van der Waals surface area contributed by atoms with Gasteiger partial charge in [-0.2, -0.15) is 0 Å². The van der Waals surface area contributed by atoms with E-state index in [-0.39, 0.29) is 12.5 Å². The summed E-state index contributed by atoms with van der Waals surface area (Å²) in [7, 11) is 6.43. The normalized spacial score (nSPS) is 13.8. The molecule has 8 heteroatoms. The fourth-order valence-electron chi connectivity index (χ4n) is 6.78. The molecule has 0 saturated carbocycles. The molecule has 0 aromatic heterocycles. The zero-order valence-electron chi connectivity index (χ0n) is 35.9.